The maximum Gasteiger partial charge on any atom is 0.328 e. The van der Waals surface area contributed by atoms with E-state index in [0.29, 0.717) is 6.16 Å². The van der Waals surface area contributed by atoms with Crippen LogP contribution < -0.4 is 32.9 Å². The van der Waals surface area contributed by atoms with Crippen molar-refractivity contribution >= 4 is 29.1 Å². The Kier molecular flexibility index (Phi) is 7.32. The van der Waals surface area contributed by atoms with Crippen LogP contribution in [0.5, 0.6) is 0 Å². The molecule has 0 saturated heterocycles. The monoisotopic (exact) mass is 426 g/mol. The maximum atomic E-state index is 11.0. The number of carbonyl (C=O) groups is 1. The molecule has 0 spiro atoms. The van der Waals surface area contributed by atoms with Gasteiger partial charge >= 0.3 is 5.97 Å². The fourth-order valence-electron chi connectivity index (χ4n) is 3.12. The molecule has 3 aromatic rings. The third kappa shape index (κ3) is 4.30. The summed E-state index contributed by atoms with van der Waals surface area (Å²) in [6, 6.07) is 31.3. The highest BCUT2D eigenvalue weighted by Gasteiger charge is 2.44. The molecule has 0 fully saturated rings. The van der Waals surface area contributed by atoms with Crippen LogP contribution in [0.1, 0.15) is 0 Å². The van der Waals surface area contributed by atoms with Crippen molar-refractivity contribution in [3.63, 3.8) is 0 Å². The molecule has 0 unspecified atom stereocenters. The number of rotatable bonds is 6. The minimum absolute atomic E-state index is 0. The van der Waals surface area contributed by atoms with Gasteiger partial charge in [-0.3, -0.25) is 0 Å². The van der Waals surface area contributed by atoms with E-state index in [-0.39, 0.29) is 17.0 Å². The molecule has 3 rings (SSSR count). The number of hydrogen-bond donors (Lipinski definition) is 1. The Bertz CT molecular complexity index is 752. The van der Waals surface area contributed by atoms with E-state index in [1.807, 2.05) is 18.2 Å². The van der Waals surface area contributed by atoms with Crippen molar-refractivity contribution in [1.29, 1.82) is 0 Å². The number of aliphatic carboxylic acids is 1. The van der Waals surface area contributed by atoms with E-state index in [1.165, 1.54) is 22.0 Å². The second-order valence-electron chi connectivity index (χ2n) is 5.74. The number of hydrogen-bond acceptors (Lipinski definition) is 1. The highest BCUT2D eigenvalue weighted by atomic mass is 79.9. The van der Waals surface area contributed by atoms with E-state index in [4.69, 9.17) is 5.11 Å². The van der Waals surface area contributed by atoms with Crippen LogP contribution >= 0.6 is 7.26 Å². The van der Waals surface area contributed by atoms with Crippen molar-refractivity contribution in [2.45, 2.75) is 0 Å². The molecule has 26 heavy (non-hydrogen) atoms. The van der Waals surface area contributed by atoms with Gasteiger partial charge in [-0.15, -0.1) is 0 Å². The zero-order valence-corrected chi connectivity index (χ0v) is 16.7. The second-order valence-corrected chi connectivity index (χ2v) is 9.27. The van der Waals surface area contributed by atoms with E-state index in [9.17, 15) is 4.79 Å². The topological polar surface area (TPSA) is 37.3 Å². The van der Waals surface area contributed by atoms with Crippen molar-refractivity contribution in [3.05, 3.63) is 103 Å². The Balaban J connectivity index is 0.00000243. The average Bonchev–Trinajstić information content (AvgIpc) is 2.67. The fraction of sp³-hybridized carbons (Fsp3) is 0.0455. The number of allylic oxidation sites excluding steroid dienone is 1. The summed E-state index contributed by atoms with van der Waals surface area (Å²) in [5, 5.41) is 12.8. The predicted molar refractivity (Wildman–Crippen MR) is 107 cm³/mol. The number of benzene rings is 3. The van der Waals surface area contributed by atoms with Crippen molar-refractivity contribution in [2.75, 3.05) is 6.16 Å². The summed E-state index contributed by atoms with van der Waals surface area (Å²) in [6.07, 6.45) is 3.73. The molecular weight excluding hydrogens is 407 g/mol. The summed E-state index contributed by atoms with van der Waals surface area (Å²) in [5.41, 5.74) is 0. The summed E-state index contributed by atoms with van der Waals surface area (Å²) in [5.74, 6) is -0.910. The summed E-state index contributed by atoms with van der Waals surface area (Å²) in [4.78, 5) is 11.0. The van der Waals surface area contributed by atoms with E-state index in [2.05, 4.69) is 72.8 Å². The van der Waals surface area contributed by atoms with Crippen LogP contribution in [0.4, 0.5) is 0 Å². The third-order valence-electron chi connectivity index (χ3n) is 4.23. The Morgan fingerprint density at radius 3 is 1.38 bits per heavy atom. The molecule has 0 heterocycles. The zero-order chi connectivity index (χ0) is 17.5. The first-order valence-electron chi connectivity index (χ1n) is 8.18. The van der Waals surface area contributed by atoms with Crippen LogP contribution in [0.2, 0.25) is 0 Å². The van der Waals surface area contributed by atoms with Crippen LogP contribution in [-0.2, 0) is 4.79 Å². The van der Waals surface area contributed by atoms with Gasteiger partial charge in [0.1, 0.15) is 23.2 Å². The van der Waals surface area contributed by atoms with E-state index in [0.717, 1.165) is 0 Å². The van der Waals surface area contributed by atoms with Crippen LogP contribution in [0.3, 0.4) is 0 Å². The molecule has 1 N–H and O–H groups in total. The summed E-state index contributed by atoms with van der Waals surface area (Å²) < 4.78 is 0. The van der Waals surface area contributed by atoms with Crippen LogP contribution in [0, 0.1) is 0 Å². The van der Waals surface area contributed by atoms with Gasteiger partial charge in [0, 0.05) is 6.08 Å². The largest absolute Gasteiger partial charge is 1.00 e. The van der Waals surface area contributed by atoms with Crippen molar-refractivity contribution in [2.24, 2.45) is 0 Å². The predicted octanol–water partition coefficient (Wildman–Crippen LogP) is 0.625. The van der Waals surface area contributed by atoms with Gasteiger partial charge in [-0.25, -0.2) is 4.79 Å². The smallest absolute Gasteiger partial charge is 0.328 e. The quantitative estimate of drug-likeness (QED) is 0.463. The molecule has 0 atom stereocenters. The minimum Gasteiger partial charge on any atom is -1.00 e. The molecule has 4 heteroatoms. The Morgan fingerprint density at radius 1 is 0.731 bits per heavy atom. The lowest BCUT2D eigenvalue weighted by atomic mass is 10.4. The molecule has 0 aromatic heterocycles. The Hall–Kier alpha value is -2.22. The molecule has 0 bridgehead atoms. The van der Waals surface area contributed by atoms with Crippen molar-refractivity contribution in [1.82, 2.24) is 0 Å². The molecule has 0 aliphatic rings. The van der Waals surface area contributed by atoms with E-state index >= 15 is 0 Å². The van der Waals surface area contributed by atoms with Gasteiger partial charge in [0.05, 0.1) is 6.16 Å². The lowest BCUT2D eigenvalue weighted by molar-refractivity contribution is -0.131. The van der Waals surface area contributed by atoms with E-state index in [1.54, 1.807) is 6.08 Å². The van der Waals surface area contributed by atoms with Crippen molar-refractivity contribution in [3.8, 4) is 0 Å². The van der Waals surface area contributed by atoms with Crippen LogP contribution in [0.15, 0.2) is 103 Å². The summed E-state index contributed by atoms with van der Waals surface area (Å²) in [7, 11) is -1.96. The molecular formula is C22H20BrO2P. The first-order chi connectivity index (χ1) is 12.2. The molecule has 2 nitrogen and oxygen atoms in total. The summed E-state index contributed by atoms with van der Waals surface area (Å²) in [6.45, 7) is 0. The van der Waals surface area contributed by atoms with Gasteiger partial charge in [-0.1, -0.05) is 54.6 Å². The molecule has 0 aliphatic carbocycles. The summed E-state index contributed by atoms with van der Waals surface area (Å²) >= 11 is 0. The minimum atomic E-state index is -1.96. The third-order valence-corrected chi connectivity index (χ3v) is 8.53. The van der Waals surface area contributed by atoms with E-state index < -0.39 is 13.2 Å². The van der Waals surface area contributed by atoms with Gasteiger partial charge < -0.3 is 22.1 Å². The van der Waals surface area contributed by atoms with Gasteiger partial charge in [-0.2, -0.15) is 0 Å². The highest BCUT2D eigenvalue weighted by molar-refractivity contribution is 7.95. The number of halogens is 1. The standard InChI is InChI=1S/C22H19O2P.BrH/c23-22(24)17-10-18-25(19-11-4-1-5-12-19,20-13-6-2-7-14-20)21-15-8-3-9-16-21;/h1-17H,18H2;1H. The van der Waals surface area contributed by atoms with Gasteiger partial charge in [-0.05, 0) is 42.5 Å². The molecule has 0 amide bonds. The number of carboxylic acids is 1. The normalized spacial score (nSPS) is 11.1. The molecule has 0 saturated carbocycles. The lowest BCUT2D eigenvalue weighted by Crippen LogP contribution is -3.00. The van der Waals surface area contributed by atoms with Crippen LogP contribution in [-0.4, -0.2) is 17.2 Å². The first-order valence-corrected chi connectivity index (χ1v) is 10.2. The molecule has 0 radical (unpaired) electrons. The second kappa shape index (κ2) is 9.47. The molecule has 132 valence electrons. The van der Waals surface area contributed by atoms with Crippen molar-refractivity contribution < 1.29 is 26.9 Å². The van der Waals surface area contributed by atoms with Gasteiger partial charge in [0.15, 0.2) is 0 Å². The SMILES string of the molecule is O=C(O)C=CC[P+](c1ccccc1)(c1ccccc1)c1ccccc1.[Br-]. The molecule has 3 aromatic carbocycles. The van der Waals surface area contributed by atoms with Crippen LogP contribution in [0.25, 0.3) is 0 Å². The zero-order valence-electron chi connectivity index (χ0n) is 14.2. The van der Waals surface area contributed by atoms with Gasteiger partial charge in [0.25, 0.3) is 0 Å². The fourth-order valence-corrected chi connectivity index (χ4v) is 7.11. The Labute approximate surface area is 165 Å². The molecule has 0 aliphatic heterocycles. The lowest BCUT2D eigenvalue weighted by Gasteiger charge is -2.26. The number of carboxylic acid groups (broad SMARTS) is 1. The first kappa shape index (κ1) is 20.1. The average molecular weight is 427 g/mol. The highest BCUT2D eigenvalue weighted by Crippen LogP contribution is 2.55. The van der Waals surface area contributed by atoms with Gasteiger partial charge in [0.2, 0.25) is 0 Å². The Morgan fingerprint density at radius 2 is 1.08 bits per heavy atom. The maximum absolute atomic E-state index is 11.0.